The van der Waals surface area contributed by atoms with Gasteiger partial charge in [-0.3, -0.25) is 0 Å². The molecule has 1 aromatic carbocycles. The summed E-state index contributed by atoms with van der Waals surface area (Å²) in [6, 6.07) is 7.95. The highest BCUT2D eigenvalue weighted by Gasteiger charge is 2.57. The first-order chi connectivity index (χ1) is 10.8. The molecular formula is C18H20N2O2. The molecule has 0 amide bonds. The third-order valence-electron chi connectivity index (χ3n) is 4.65. The molecular weight excluding hydrogens is 276 g/mol. The second-order valence-electron chi connectivity index (χ2n) is 6.30. The molecule has 1 aromatic heterocycles. The van der Waals surface area contributed by atoms with E-state index in [-0.39, 0.29) is 11.7 Å². The van der Waals surface area contributed by atoms with E-state index in [9.17, 15) is 0 Å². The van der Waals surface area contributed by atoms with Crippen molar-refractivity contribution in [3.8, 4) is 17.1 Å². The monoisotopic (exact) mass is 296 g/mol. The molecule has 2 aliphatic rings. The Hall–Kier alpha value is -1.94. The molecule has 4 nitrogen and oxygen atoms in total. The highest BCUT2D eigenvalue weighted by Crippen LogP contribution is 2.49. The van der Waals surface area contributed by atoms with Crippen molar-refractivity contribution in [1.29, 1.82) is 0 Å². The van der Waals surface area contributed by atoms with Crippen LogP contribution in [0.5, 0.6) is 5.75 Å². The number of nitrogens with zero attached hydrogens (tertiary/aromatic N) is 2. The van der Waals surface area contributed by atoms with Gasteiger partial charge in [0.2, 0.25) is 0 Å². The lowest BCUT2D eigenvalue weighted by Gasteiger charge is -2.07. The highest BCUT2D eigenvalue weighted by atomic mass is 16.6. The van der Waals surface area contributed by atoms with E-state index in [4.69, 9.17) is 9.47 Å². The fourth-order valence-electron chi connectivity index (χ4n) is 3.26. The first-order valence-electron chi connectivity index (χ1n) is 7.95. The predicted octanol–water partition coefficient (Wildman–Crippen LogP) is 3.54. The number of rotatable bonds is 4. The van der Waals surface area contributed by atoms with Crippen molar-refractivity contribution < 1.29 is 9.47 Å². The Morgan fingerprint density at radius 3 is 2.50 bits per heavy atom. The van der Waals surface area contributed by atoms with Gasteiger partial charge in [0.15, 0.2) is 5.82 Å². The van der Waals surface area contributed by atoms with Crippen LogP contribution >= 0.6 is 0 Å². The van der Waals surface area contributed by atoms with Crippen LogP contribution in [0.25, 0.3) is 11.4 Å². The van der Waals surface area contributed by atoms with Gasteiger partial charge in [-0.25, -0.2) is 9.97 Å². The summed E-state index contributed by atoms with van der Waals surface area (Å²) in [7, 11) is 0. The number of hydrogen-bond donors (Lipinski definition) is 0. The minimum absolute atomic E-state index is 0.162. The Morgan fingerprint density at radius 2 is 1.82 bits per heavy atom. The van der Waals surface area contributed by atoms with Crippen LogP contribution in [-0.2, 0) is 4.74 Å². The Balaban J connectivity index is 1.37. The van der Waals surface area contributed by atoms with Crippen LogP contribution in [0.4, 0.5) is 0 Å². The fraction of sp³-hybridized carbons (Fsp3) is 0.444. The zero-order valence-electron chi connectivity index (χ0n) is 12.8. The summed E-state index contributed by atoms with van der Waals surface area (Å²) < 4.78 is 11.7. The van der Waals surface area contributed by atoms with Crippen LogP contribution in [-0.4, -0.2) is 28.3 Å². The van der Waals surface area contributed by atoms with Gasteiger partial charge in [0.25, 0.3) is 0 Å². The summed E-state index contributed by atoms with van der Waals surface area (Å²) in [6.45, 7) is 2.64. The number of hydrogen-bond acceptors (Lipinski definition) is 4. The lowest BCUT2D eigenvalue weighted by molar-refractivity contribution is 0.249. The van der Waals surface area contributed by atoms with E-state index >= 15 is 0 Å². The van der Waals surface area contributed by atoms with Crippen molar-refractivity contribution in [2.24, 2.45) is 0 Å². The van der Waals surface area contributed by atoms with Crippen LogP contribution in [0.3, 0.4) is 0 Å². The summed E-state index contributed by atoms with van der Waals surface area (Å²) >= 11 is 0. The molecule has 1 aliphatic carbocycles. The number of epoxide rings is 1. The Bertz CT molecular complexity index is 646. The molecule has 2 aromatic rings. The van der Waals surface area contributed by atoms with E-state index in [1.807, 2.05) is 43.6 Å². The van der Waals surface area contributed by atoms with E-state index in [1.165, 1.54) is 25.7 Å². The molecule has 1 saturated carbocycles. The quantitative estimate of drug-likeness (QED) is 0.810. The van der Waals surface area contributed by atoms with Crippen LogP contribution < -0.4 is 4.74 Å². The standard InChI is InChI=1S/C18H20N2O2/c1-13-10-19-17(20-11-13)14-4-6-15(7-5-14)21-12-16-18(22-16)8-2-3-9-18/h4-7,10-11,16H,2-3,8-9,12H2,1H3/t16-/m0/s1. The van der Waals surface area contributed by atoms with Crippen LogP contribution in [0.2, 0.25) is 0 Å². The summed E-state index contributed by atoms with van der Waals surface area (Å²) in [5, 5.41) is 0. The van der Waals surface area contributed by atoms with Gasteiger partial charge in [0.1, 0.15) is 18.5 Å². The average Bonchev–Trinajstić information content (AvgIpc) is 3.00. The molecule has 0 bridgehead atoms. The first kappa shape index (κ1) is 13.7. The molecule has 1 spiro atoms. The van der Waals surface area contributed by atoms with Crippen LogP contribution in [0.15, 0.2) is 36.7 Å². The highest BCUT2D eigenvalue weighted by molar-refractivity contribution is 5.55. The van der Waals surface area contributed by atoms with E-state index in [2.05, 4.69) is 9.97 Å². The topological polar surface area (TPSA) is 47.5 Å². The molecule has 1 atom stereocenters. The Morgan fingerprint density at radius 1 is 1.14 bits per heavy atom. The molecule has 0 unspecified atom stereocenters. The molecule has 4 heteroatoms. The smallest absolute Gasteiger partial charge is 0.159 e. The van der Waals surface area contributed by atoms with E-state index in [0.29, 0.717) is 6.61 Å². The molecule has 2 heterocycles. The summed E-state index contributed by atoms with van der Waals surface area (Å²) in [5.74, 6) is 1.62. The minimum Gasteiger partial charge on any atom is -0.491 e. The predicted molar refractivity (Wildman–Crippen MR) is 83.8 cm³/mol. The third kappa shape index (κ3) is 2.59. The zero-order valence-corrected chi connectivity index (χ0v) is 12.8. The van der Waals surface area contributed by atoms with Gasteiger partial charge in [-0.1, -0.05) is 12.8 Å². The molecule has 2 fully saturated rings. The largest absolute Gasteiger partial charge is 0.491 e. The number of ether oxygens (including phenoxy) is 2. The van der Waals surface area contributed by atoms with Crippen molar-refractivity contribution in [2.45, 2.75) is 44.3 Å². The number of benzene rings is 1. The van der Waals surface area contributed by atoms with Crippen LogP contribution in [0.1, 0.15) is 31.2 Å². The minimum atomic E-state index is 0.162. The van der Waals surface area contributed by atoms with E-state index < -0.39 is 0 Å². The second kappa shape index (κ2) is 5.36. The number of aryl methyl sites for hydroxylation is 1. The van der Waals surface area contributed by atoms with Gasteiger partial charge in [-0.15, -0.1) is 0 Å². The Kier molecular flexibility index (Phi) is 3.34. The van der Waals surface area contributed by atoms with Crippen molar-refractivity contribution in [1.82, 2.24) is 9.97 Å². The van der Waals surface area contributed by atoms with Crippen molar-refractivity contribution in [3.05, 3.63) is 42.2 Å². The first-order valence-corrected chi connectivity index (χ1v) is 7.95. The fourth-order valence-corrected chi connectivity index (χ4v) is 3.26. The molecule has 4 rings (SSSR count). The normalized spacial score (nSPS) is 22.0. The lowest BCUT2D eigenvalue weighted by Crippen LogP contribution is -2.15. The molecule has 0 N–H and O–H groups in total. The lowest BCUT2D eigenvalue weighted by atomic mass is 10.0. The molecule has 1 saturated heterocycles. The van der Waals surface area contributed by atoms with Gasteiger partial charge >= 0.3 is 0 Å². The molecule has 22 heavy (non-hydrogen) atoms. The zero-order chi connectivity index (χ0) is 15.0. The third-order valence-corrected chi connectivity index (χ3v) is 4.65. The van der Waals surface area contributed by atoms with Gasteiger partial charge in [0, 0.05) is 18.0 Å². The van der Waals surface area contributed by atoms with Crippen LogP contribution in [0, 0.1) is 6.92 Å². The van der Waals surface area contributed by atoms with Gasteiger partial charge in [0.05, 0.1) is 5.60 Å². The average molecular weight is 296 g/mol. The summed E-state index contributed by atoms with van der Waals surface area (Å²) in [5.41, 5.74) is 2.23. The molecule has 1 aliphatic heterocycles. The van der Waals surface area contributed by atoms with E-state index in [1.54, 1.807) is 0 Å². The van der Waals surface area contributed by atoms with Gasteiger partial charge in [-0.2, -0.15) is 0 Å². The molecule has 0 radical (unpaired) electrons. The van der Waals surface area contributed by atoms with Gasteiger partial charge in [-0.05, 0) is 49.6 Å². The van der Waals surface area contributed by atoms with E-state index in [0.717, 1.165) is 22.7 Å². The summed E-state index contributed by atoms with van der Waals surface area (Å²) in [6.07, 6.45) is 8.94. The van der Waals surface area contributed by atoms with Crippen molar-refractivity contribution in [2.75, 3.05) is 6.61 Å². The Labute approximate surface area is 130 Å². The second-order valence-corrected chi connectivity index (χ2v) is 6.30. The molecule has 114 valence electrons. The van der Waals surface area contributed by atoms with Crippen molar-refractivity contribution in [3.63, 3.8) is 0 Å². The summed E-state index contributed by atoms with van der Waals surface area (Å²) in [4.78, 5) is 8.68. The maximum atomic E-state index is 5.86. The number of aromatic nitrogens is 2. The van der Waals surface area contributed by atoms with Crippen molar-refractivity contribution >= 4 is 0 Å². The SMILES string of the molecule is Cc1cnc(-c2ccc(OC[C@@H]3OC34CCCC4)cc2)nc1. The maximum Gasteiger partial charge on any atom is 0.159 e. The maximum absolute atomic E-state index is 5.86. The van der Waals surface area contributed by atoms with Gasteiger partial charge < -0.3 is 9.47 Å².